The lowest BCUT2D eigenvalue weighted by molar-refractivity contribution is 0.423. The molecule has 0 fully saturated rings. The lowest BCUT2D eigenvalue weighted by atomic mass is 9.94. The Bertz CT molecular complexity index is 535. The maximum Gasteiger partial charge on any atom is 0.120 e. The predicted octanol–water partition coefficient (Wildman–Crippen LogP) is 1.74. The molecule has 2 aromatic rings. The fourth-order valence-corrected chi connectivity index (χ4v) is 2.44. The average molecular weight is 229 g/mol. The maximum atomic E-state index is 9.93. The van der Waals surface area contributed by atoms with Crippen molar-refractivity contribution in [2.45, 2.75) is 25.4 Å². The van der Waals surface area contributed by atoms with Crippen molar-refractivity contribution in [3.8, 4) is 5.75 Å². The van der Waals surface area contributed by atoms with Crippen LogP contribution in [0.5, 0.6) is 5.75 Å². The zero-order valence-electron chi connectivity index (χ0n) is 9.64. The number of hydrogen-bond donors (Lipinski definition) is 3. The second-order valence-corrected chi connectivity index (χ2v) is 4.53. The van der Waals surface area contributed by atoms with Crippen LogP contribution >= 0.6 is 0 Å². The van der Waals surface area contributed by atoms with Gasteiger partial charge in [0.05, 0.1) is 18.1 Å². The van der Waals surface area contributed by atoms with Crippen LogP contribution in [0, 0.1) is 0 Å². The van der Waals surface area contributed by atoms with E-state index in [0.717, 1.165) is 23.4 Å². The summed E-state index contributed by atoms with van der Waals surface area (Å²) in [5.74, 6) is 0.313. The number of phenolic OH excluding ortho intramolecular Hbond substituents is 1. The first kappa shape index (κ1) is 10.4. The van der Waals surface area contributed by atoms with E-state index in [-0.39, 0.29) is 6.04 Å². The molecule has 1 aromatic carbocycles. The number of rotatable bonds is 1. The van der Waals surface area contributed by atoms with Gasteiger partial charge in [-0.3, -0.25) is 0 Å². The van der Waals surface area contributed by atoms with Gasteiger partial charge in [-0.1, -0.05) is 18.2 Å². The quantitative estimate of drug-likeness (QED) is 0.698. The normalized spacial score (nSPS) is 23.4. The lowest BCUT2D eigenvalue weighted by Gasteiger charge is -2.28. The molecule has 4 nitrogen and oxygen atoms in total. The molecule has 2 heterocycles. The minimum Gasteiger partial charge on any atom is -0.508 e. The molecule has 1 aromatic heterocycles. The molecule has 1 aliphatic rings. The lowest BCUT2D eigenvalue weighted by Crippen LogP contribution is -2.38. The molecule has 17 heavy (non-hydrogen) atoms. The summed E-state index contributed by atoms with van der Waals surface area (Å²) >= 11 is 0. The molecule has 0 aliphatic carbocycles. The van der Waals surface area contributed by atoms with Gasteiger partial charge in [-0.05, 0) is 13.0 Å². The van der Waals surface area contributed by atoms with E-state index in [1.807, 2.05) is 18.2 Å². The van der Waals surface area contributed by atoms with Crippen LogP contribution in [0.4, 0.5) is 0 Å². The van der Waals surface area contributed by atoms with Crippen LogP contribution in [0.3, 0.4) is 0 Å². The zero-order chi connectivity index (χ0) is 11.8. The second-order valence-electron chi connectivity index (χ2n) is 4.53. The summed E-state index contributed by atoms with van der Waals surface area (Å²) < 4.78 is 0. The van der Waals surface area contributed by atoms with E-state index in [9.17, 15) is 5.11 Å². The van der Waals surface area contributed by atoms with Crippen molar-refractivity contribution in [3.05, 3.63) is 47.5 Å². The molecule has 2 atom stereocenters. The van der Waals surface area contributed by atoms with Crippen molar-refractivity contribution in [1.29, 1.82) is 0 Å². The highest BCUT2D eigenvalue weighted by Crippen LogP contribution is 2.32. The molecule has 1 aliphatic heterocycles. The average Bonchev–Trinajstić information content (AvgIpc) is 2.76. The van der Waals surface area contributed by atoms with Gasteiger partial charge < -0.3 is 15.4 Å². The van der Waals surface area contributed by atoms with E-state index < -0.39 is 0 Å². The van der Waals surface area contributed by atoms with E-state index in [1.54, 1.807) is 12.4 Å². The first-order valence-electron chi connectivity index (χ1n) is 5.82. The molecular weight excluding hydrogens is 214 g/mol. The molecule has 0 amide bonds. The Labute approximate surface area is 99.7 Å². The molecule has 4 heteroatoms. The van der Waals surface area contributed by atoms with Gasteiger partial charge in [-0.25, -0.2) is 4.98 Å². The largest absolute Gasteiger partial charge is 0.508 e. The number of aromatic hydroxyl groups is 1. The molecule has 3 rings (SSSR count). The van der Waals surface area contributed by atoms with Crippen molar-refractivity contribution >= 4 is 0 Å². The molecule has 0 saturated heterocycles. The van der Waals surface area contributed by atoms with Gasteiger partial charge in [0.1, 0.15) is 5.75 Å². The van der Waals surface area contributed by atoms with Crippen LogP contribution in [-0.2, 0) is 6.42 Å². The molecule has 0 bridgehead atoms. The van der Waals surface area contributed by atoms with E-state index in [1.165, 1.54) is 0 Å². The highest BCUT2D eigenvalue weighted by atomic mass is 16.3. The summed E-state index contributed by atoms with van der Waals surface area (Å²) in [5.41, 5.74) is 3.03. The molecule has 0 spiro atoms. The Hall–Kier alpha value is -1.81. The van der Waals surface area contributed by atoms with Crippen molar-refractivity contribution in [2.24, 2.45) is 0 Å². The molecule has 0 saturated carbocycles. The Balaban J connectivity index is 2.08. The minimum atomic E-state index is -0.0267. The number of aromatic nitrogens is 2. The molecule has 88 valence electrons. The SMILES string of the molecule is C[C@H]1Cc2[nH]cnc2[C@@H](c2ccccc2O)N1. The minimum absolute atomic E-state index is 0.0267. The van der Waals surface area contributed by atoms with Gasteiger partial charge in [0, 0.05) is 23.7 Å². The van der Waals surface area contributed by atoms with Crippen LogP contribution < -0.4 is 5.32 Å². The monoisotopic (exact) mass is 229 g/mol. The van der Waals surface area contributed by atoms with Gasteiger partial charge in [-0.15, -0.1) is 0 Å². The van der Waals surface area contributed by atoms with E-state index >= 15 is 0 Å². The number of para-hydroxylation sites is 1. The Morgan fingerprint density at radius 2 is 2.18 bits per heavy atom. The standard InChI is InChI=1S/C13H15N3O/c1-8-6-10-13(15-7-14-10)12(16-8)9-4-2-3-5-11(9)17/h2-5,7-8,12,16-17H,6H2,1H3,(H,14,15)/t8-,12+/m0/s1. The number of nitrogens with one attached hydrogen (secondary N) is 2. The number of hydrogen-bond acceptors (Lipinski definition) is 3. The van der Waals surface area contributed by atoms with E-state index in [4.69, 9.17) is 0 Å². The van der Waals surface area contributed by atoms with Crippen LogP contribution in [0.25, 0.3) is 0 Å². The number of benzene rings is 1. The zero-order valence-corrected chi connectivity index (χ0v) is 9.64. The Morgan fingerprint density at radius 1 is 1.35 bits per heavy atom. The fourth-order valence-electron chi connectivity index (χ4n) is 2.44. The van der Waals surface area contributed by atoms with Crippen LogP contribution in [0.2, 0.25) is 0 Å². The van der Waals surface area contributed by atoms with E-state index in [2.05, 4.69) is 22.2 Å². The van der Waals surface area contributed by atoms with Crippen LogP contribution in [0.1, 0.15) is 29.9 Å². The summed E-state index contributed by atoms with van der Waals surface area (Å²) in [6.07, 6.45) is 2.66. The molecule has 0 radical (unpaired) electrons. The Kier molecular flexibility index (Phi) is 2.37. The van der Waals surface area contributed by atoms with Gasteiger partial charge in [-0.2, -0.15) is 0 Å². The van der Waals surface area contributed by atoms with Crippen molar-refractivity contribution < 1.29 is 5.11 Å². The number of phenols is 1. The van der Waals surface area contributed by atoms with Gasteiger partial charge in [0.2, 0.25) is 0 Å². The van der Waals surface area contributed by atoms with Crippen molar-refractivity contribution in [1.82, 2.24) is 15.3 Å². The van der Waals surface area contributed by atoms with Gasteiger partial charge in [0.25, 0.3) is 0 Å². The smallest absolute Gasteiger partial charge is 0.120 e. The number of aromatic amines is 1. The highest BCUT2D eigenvalue weighted by Gasteiger charge is 2.28. The summed E-state index contributed by atoms with van der Waals surface area (Å²) in [6.45, 7) is 2.14. The number of H-pyrrole nitrogens is 1. The predicted molar refractivity (Wildman–Crippen MR) is 64.8 cm³/mol. The third kappa shape index (κ3) is 1.70. The highest BCUT2D eigenvalue weighted by molar-refractivity contribution is 5.41. The molecular formula is C13H15N3O. The summed E-state index contributed by atoms with van der Waals surface area (Å²) in [6, 6.07) is 7.75. The van der Waals surface area contributed by atoms with E-state index in [0.29, 0.717) is 11.8 Å². The third-order valence-electron chi connectivity index (χ3n) is 3.23. The summed E-state index contributed by atoms with van der Waals surface area (Å²) in [5, 5.41) is 13.4. The van der Waals surface area contributed by atoms with Crippen molar-refractivity contribution in [3.63, 3.8) is 0 Å². The second kappa shape index (κ2) is 3.89. The third-order valence-corrected chi connectivity index (χ3v) is 3.23. The fraction of sp³-hybridized carbons (Fsp3) is 0.308. The first-order valence-corrected chi connectivity index (χ1v) is 5.82. The first-order chi connectivity index (χ1) is 8.25. The van der Waals surface area contributed by atoms with Crippen LogP contribution in [0.15, 0.2) is 30.6 Å². The van der Waals surface area contributed by atoms with Crippen molar-refractivity contribution in [2.75, 3.05) is 0 Å². The summed E-state index contributed by atoms with van der Waals surface area (Å²) in [7, 11) is 0. The van der Waals surface area contributed by atoms with Crippen LogP contribution in [-0.4, -0.2) is 21.1 Å². The number of imidazole rings is 1. The number of fused-ring (bicyclic) bond motifs is 1. The topological polar surface area (TPSA) is 60.9 Å². The van der Waals surface area contributed by atoms with Gasteiger partial charge >= 0.3 is 0 Å². The number of nitrogens with zero attached hydrogens (tertiary/aromatic N) is 1. The molecule has 0 unspecified atom stereocenters. The molecule has 3 N–H and O–H groups in total. The van der Waals surface area contributed by atoms with Gasteiger partial charge in [0.15, 0.2) is 0 Å². The summed E-state index contributed by atoms with van der Waals surface area (Å²) in [4.78, 5) is 7.54. The maximum absolute atomic E-state index is 9.93. The Morgan fingerprint density at radius 3 is 3.00 bits per heavy atom.